The van der Waals surface area contributed by atoms with E-state index < -0.39 is 11.8 Å². The molecule has 2 aliphatic rings. The van der Waals surface area contributed by atoms with E-state index in [1.54, 1.807) is 36.4 Å². The van der Waals surface area contributed by atoms with E-state index in [9.17, 15) is 9.59 Å². The molecule has 3 aromatic rings. The number of furan rings is 1. The number of hydrogen-bond donors (Lipinski definition) is 2. The van der Waals surface area contributed by atoms with Crippen LogP contribution in [-0.2, 0) is 11.3 Å². The van der Waals surface area contributed by atoms with Crippen molar-refractivity contribution in [3.8, 4) is 11.5 Å². The van der Waals surface area contributed by atoms with Crippen LogP contribution >= 0.6 is 24.0 Å². The Labute approximate surface area is 230 Å². The molecule has 2 aromatic carbocycles. The first-order chi connectivity index (χ1) is 18.5. The number of nitrogens with zero attached hydrogens (tertiary/aromatic N) is 1. The Hall–Kier alpha value is -3.76. The molecule has 10 heteroatoms. The molecule has 0 atom stereocenters. The Bertz CT molecular complexity index is 1350. The maximum atomic E-state index is 13.2. The Balaban J connectivity index is 1.30. The van der Waals surface area contributed by atoms with Gasteiger partial charge >= 0.3 is 0 Å². The third-order valence-corrected chi connectivity index (χ3v) is 7.47. The predicted octanol–water partition coefficient (Wildman–Crippen LogP) is 4.96. The van der Waals surface area contributed by atoms with E-state index in [-0.39, 0.29) is 19.0 Å². The number of amides is 2. The molecule has 0 aliphatic carbocycles. The number of nitrogens with one attached hydrogen (secondary N) is 2. The van der Waals surface area contributed by atoms with Gasteiger partial charge in [-0.2, -0.15) is 0 Å². The van der Waals surface area contributed by atoms with Gasteiger partial charge in [0.15, 0.2) is 16.6 Å². The van der Waals surface area contributed by atoms with Crippen LogP contribution < -0.4 is 20.1 Å². The van der Waals surface area contributed by atoms with Crippen molar-refractivity contribution in [2.75, 3.05) is 19.9 Å². The van der Waals surface area contributed by atoms with Crippen LogP contribution in [-0.4, -0.2) is 40.9 Å². The number of thioether (sulfide) groups is 1. The zero-order chi connectivity index (χ0) is 26.3. The highest BCUT2D eigenvalue weighted by Crippen LogP contribution is 2.32. The third-order valence-electron chi connectivity index (χ3n) is 6.11. The quantitative estimate of drug-likeness (QED) is 0.243. The molecule has 2 N–H and O–H groups in total. The average Bonchev–Trinajstić information content (AvgIpc) is 3.61. The molecule has 38 heavy (non-hydrogen) atoms. The van der Waals surface area contributed by atoms with E-state index in [4.69, 9.17) is 26.1 Å². The Kier molecular flexibility index (Phi) is 8.30. The van der Waals surface area contributed by atoms with E-state index in [0.29, 0.717) is 27.9 Å². The van der Waals surface area contributed by atoms with Gasteiger partial charge in [0.05, 0.1) is 0 Å². The number of fused-ring (bicyclic) bond motifs is 1. The monoisotopic (exact) mass is 549 g/mol. The summed E-state index contributed by atoms with van der Waals surface area (Å²) in [6.45, 7) is 2.32. The summed E-state index contributed by atoms with van der Waals surface area (Å²) in [5.74, 6) is 0.870. The fraction of sp³-hybridized carbons (Fsp3) is 0.250. The minimum Gasteiger partial charge on any atom is -0.454 e. The van der Waals surface area contributed by atoms with Crippen molar-refractivity contribution in [3.05, 3.63) is 83.2 Å². The fourth-order valence-electron chi connectivity index (χ4n) is 4.11. The Morgan fingerprint density at radius 1 is 0.974 bits per heavy atom. The van der Waals surface area contributed by atoms with Crippen molar-refractivity contribution in [1.82, 2.24) is 15.5 Å². The number of benzene rings is 2. The van der Waals surface area contributed by atoms with Crippen molar-refractivity contribution in [2.45, 2.75) is 30.9 Å². The average molecular weight is 550 g/mol. The number of ether oxygens (including phenoxy) is 2. The smallest absolute Gasteiger partial charge is 0.268 e. The highest BCUT2D eigenvalue weighted by molar-refractivity contribution is 8.22. The summed E-state index contributed by atoms with van der Waals surface area (Å²) in [5, 5.41) is 6.21. The van der Waals surface area contributed by atoms with Crippen LogP contribution in [0.4, 0.5) is 0 Å². The molecule has 2 amide bonds. The van der Waals surface area contributed by atoms with Gasteiger partial charge in [-0.15, -0.1) is 0 Å². The van der Waals surface area contributed by atoms with Crippen molar-refractivity contribution in [2.24, 2.45) is 0 Å². The lowest BCUT2D eigenvalue weighted by Gasteiger charge is -2.27. The largest absolute Gasteiger partial charge is 0.454 e. The number of carbonyl (C=O) groups is 2. The van der Waals surface area contributed by atoms with Gasteiger partial charge in [0.1, 0.15) is 15.8 Å². The van der Waals surface area contributed by atoms with Gasteiger partial charge in [-0.25, -0.2) is 0 Å². The summed E-state index contributed by atoms with van der Waals surface area (Å²) in [6.07, 6.45) is 5.02. The minimum atomic E-state index is -0.457. The number of carbonyl (C=O) groups excluding carboxylic acids is 2. The molecule has 2 aliphatic heterocycles. The van der Waals surface area contributed by atoms with Gasteiger partial charge in [-0.05, 0) is 73.0 Å². The van der Waals surface area contributed by atoms with E-state index in [1.807, 2.05) is 24.3 Å². The molecule has 0 unspecified atom stereocenters. The number of piperidine rings is 1. The first kappa shape index (κ1) is 25.9. The van der Waals surface area contributed by atoms with Crippen LogP contribution in [0.15, 0.2) is 75.9 Å². The van der Waals surface area contributed by atoms with Gasteiger partial charge in [-0.1, -0.05) is 36.5 Å². The molecular formula is C28H27N3O5S2. The Morgan fingerprint density at radius 3 is 2.58 bits per heavy atom. The highest BCUT2D eigenvalue weighted by Gasteiger charge is 2.19. The van der Waals surface area contributed by atoms with Gasteiger partial charge in [0, 0.05) is 31.3 Å². The van der Waals surface area contributed by atoms with Crippen molar-refractivity contribution in [1.29, 1.82) is 0 Å². The van der Waals surface area contributed by atoms with E-state index in [2.05, 4.69) is 15.5 Å². The summed E-state index contributed by atoms with van der Waals surface area (Å²) in [7, 11) is 0. The lowest BCUT2D eigenvalue weighted by Crippen LogP contribution is -2.34. The molecular weight excluding hydrogens is 522 g/mol. The second-order valence-corrected chi connectivity index (χ2v) is 10.5. The summed E-state index contributed by atoms with van der Waals surface area (Å²) < 4.78 is 17.5. The first-order valence-electron chi connectivity index (χ1n) is 12.4. The second-order valence-electron chi connectivity index (χ2n) is 8.82. The SMILES string of the molecule is O=C(NCc1ccc2c(c1)OCO2)C(=Cc1ccc(SC(=S)N2CCCCC2)o1)NC(=O)c1ccccc1. The van der Waals surface area contributed by atoms with E-state index in [0.717, 1.165) is 35.8 Å². The second kappa shape index (κ2) is 12.2. The molecule has 196 valence electrons. The van der Waals surface area contributed by atoms with Gasteiger partial charge in [0.25, 0.3) is 11.8 Å². The third kappa shape index (κ3) is 6.56. The standard InChI is InChI=1S/C28H27N3O5S2/c32-26(20-7-3-1-4-8-20)30-22(27(33)29-17-19-9-11-23-24(15-19)35-18-34-23)16-21-10-12-25(36-21)38-28(37)31-13-5-2-6-14-31/h1,3-4,7-12,15-16H,2,5-6,13-14,17-18H2,(H,29,33)(H,30,32). The molecule has 1 saturated heterocycles. The zero-order valence-corrected chi connectivity index (χ0v) is 22.2. The fourth-order valence-corrected chi connectivity index (χ4v) is 5.29. The number of thiocarbonyl (C=S) groups is 1. The Morgan fingerprint density at radius 2 is 1.76 bits per heavy atom. The van der Waals surface area contributed by atoms with Crippen molar-refractivity contribution in [3.63, 3.8) is 0 Å². The lowest BCUT2D eigenvalue weighted by atomic mass is 10.1. The topological polar surface area (TPSA) is 93.0 Å². The van der Waals surface area contributed by atoms with Crippen LogP contribution in [0.5, 0.6) is 11.5 Å². The number of likely N-dealkylation sites (tertiary alicyclic amines) is 1. The molecule has 1 aromatic heterocycles. The zero-order valence-electron chi connectivity index (χ0n) is 20.6. The molecule has 0 saturated carbocycles. The molecule has 0 radical (unpaired) electrons. The summed E-state index contributed by atoms with van der Waals surface area (Å²) in [5.41, 5.74) is 1.33. The number of hydrogen-bond acceptors (Lipinski definition) is 7. The number of rotatable bonds is 7. The van der Waals surface area contributed by atoms with Gasteiger partial charge < -0.3 is 29.4 Å². The van der Waals surface area contributed by atoms with Crippen molar-refractivity contribution < 1.29 is 23.5 Å². The minimum absolute atomic E-state index is 0.0594. The maximum Gasteiger partial charge on any atom is 0.268 e. The first-order valence-corrected chi connectivity index (χ1v) is 13.6. The van der Waals surface area contributed by atoms with Crippen molar-refractivity contribution >= 4 is 46.2 Å². The maximum absolute atomic E-state index is 13.2. The molecule has 8 nitrogen and oxygen atoms in total. The highest BCUT2D eigenvalue weighted by atomic mass is 32.2. The lowest BCUT2D eigenvalue weighted by molar-refractivity contribution is -0.117. The predicted molar refractivity (Wildman–Crippen MR) is 149 cm³/mol. The van der Waals surface area contributed by atoms with Crippen LogP contribution in [0, 0.1) is 0 Å². The van der Waals surface area contributed by atoms with Crippen LogP contribution in [0.1, 0.15) is 40.9 Å². The summed E-state index contributed by atoms with van der Waals surface area (Å²) in [6, 6.07) is 17.7. The molecule has 3 heterocycles. The molecule has 1 fully saturated rings. The van der Waals surface area contributed by atoms with E-state index >= 15 is 0 Å². The van der Waals surface area contributed by atoms with E-state index in [1.165, 1.54) is 24.3 Å². The van der Waals surface area contributed by atoms with Crippen LogP contribution in [0.3, 0.4) is 0 Å². The van der Waals surface area contributed by atoms with Gasteiger partial charge in [-0.3, -0.25) is 9.59 Å². The van der Waals surface area contributed by atoms with Gasteiger partial charge in [0.2, 0.25) is 6.79 Å². The molecule has 5 rings (SSSR count). The molecule has 0 bridgehead atoms. The van der Waals surface area contributed by atoms with Crippen LogP contribution in [0.25, 0.3) is 6.08 Å². The normalized spacial score (nSPS) is 14.7. The summed E-state index contributed by atoms with van der Waals surface area (Å²) in [4.78, 5) is 28.2. The molecule has 0 spiro atoms. The summed E-state index contributed by atoms with van der Waals surface area (Å²) >= 11 is 6.98. The van der Waals surface area contributed by atoms with Crippen LogP contribution in [0.2, 0.25) is 0 Å².